The zero-order valence-electron chi connectivity index (χ0n) is 14.0. The minimum Gasteiger partial charge on any atom is -0.504 e. The first-order chi connectivity index (χ1) is 10.8. The number of benzene rings is 2. The van der Waals surface area contributed by atoms with Crippen LogP contribution in [0.3, 0.4) is 0 Å². The van der Waals surface area contributed by atoms with Crippen molar-refractivity contribution in [3.63, 3.8) is 0 Å². The summed E-state index contributed by atoms with van der Waals surface area (Å²) in [5.41, 5.74) is 4.93. The fourth-order valence-electron chi connectivity index (χ4n) is 2.77. The number of hydrogen-bond acceptors (Lipinski definition) is 3. The van der Waals surface area contributed by atoms with Crippen molar-refractivity contribution in [2.45, 2.75) is 34.1 Å². The fraction of sp³-hybridized carbons (Fsp3) is 0.316. The molecule has 2 rings (SSSR count). The molecule has 0 aliphatic rings. The summed E-state index contributed by atoms with van der Waals surface area (Å²) in [4.78, 5) is 12.4. The Kier molecular flexibility index (Phi) is 4.94. The molecule has 23 heavy (non-hydrogen) atoms. The first-order valence-electron chi connectivity index (χ1n) is 7.67. The van der Waals surface area contributed by atoms with E-state index >= 15 is 0 Å². The number of hydrogen-bond donors (Lipinski definition) is 3. The summed E-state index contributed by atoms with van der Waals surface area (Å²) in [5, 5.41) is 21.9. The molecule has 2 aromatic rings. The van der Waals surface area contributed by atoms with Gasteiger partial charge in [0.25, 0.3) is 0 Å². The van der Waals surface area contributed by atoms with Gasteiger partial charge in [-0.1, -0.05) is 30.7 Å². The lowest BCUT2D eigenvalue weighted by molar-refractivity contribution is -0.119. The second-order valence-corrected chi connectivity index (χ2v) is 6.19. The summed E-state index contributed by atoms with van der Waals surface area (Å²) in [7, 11) is 0. The van der Waals surface area contributed by atoms with E-state index in [1.54, 1.807) is 6.07 Å². The van der Waals surface area contributed by atoms with Gasteiger partial charge in [-0.2, -0.15) is 0 Å². The topological polar surface area (TPSA) is 69.6 Å². The van der Waals surface area contributed by atoms with Crippen molar-refractivity contribution in [3.8, 4) is 11.5 Å². The zero-order valence-corrected chi connectivity index (χ0v) is 14.0. The normalized spacial score (nSPS) is 12.0. The maximum atomic E-state index is 12.4. The van der Waals surface area contributed by atoms with E-state index in [4.69, 9.17) is 0 Å². The Bertz CT molecular complexity index is 714. The number of amides is 1. The monoisotopic (exact) mass is 313 g/mol. The Labute approximate surface area is 136 Å². The van der Waals surface area contributed by atoms with E-state index in [-0.39, 0.29) is 23.3 Å². The molecule has 0 fully saturated rings. The van der Waals surface area contributed by atoms with Gasteiger partial charge in [0.2, 0.25) is 5.91 Å². The molecule has 4 nitrogen and oxygen atoms in total. The molecular weight excluding hydrogens is 290 g/mol. The minimum absolute atomic E-state index is 0.0624. The van der Waals surface area contributed by atoms with Crippen LogP contribution in [0.25, 0.3) is 0 Å². The quantitative estimate of drug-likeness (QED) is 0.751. The molecule has 3 N–H and O–H groups in total. The van der Waals surface area contributed by atoms with Crippen molar-refractivity contribution >= 4 is 11.6 Å². The molecular formula is C19H23NO3. The lowest BCUT2D eigenvalue weighted by Crippen LogP contribution is -2.23. The highest BCUT2D eigenvalue weighted by Crippen LogP contribution is 2.27. The minimum atomic E-state index is -0.251. The number of carbonyl (C=O) groups is 1. The number of nitrogens with one attached hydrogen (secondary N) is 1. The molecule has 0 saturated heterocycles. The third-order valence-electron chi connectivity index (χ3n) is 3.95. The lowest BCUT2D eigenvalue weighted by Gasteiger charge is -2.16. The average Bonchev–Trinajstić information content (AvgIpc) is 2.46. The van der Waals surface area contributed by atoms with Gasteiger partial charge < -0.3 is 15.5 Å². The second-order valence-electron chi connectivity index (χ2n) is 6.19. The Morgan fingerprint density at radius 1 is 1.04 bits per heavy atom. The maximum Gasteiger partial charge on any atom is 0.227 e. The second kappa shape index (κ2) is 6.73. The molecule has 0 heterocycles. The SMILES string of the molecule is Cc1cc(C)c(NC(=O)C(C)Cc2ccc(O)c(O)c2)c(C)c1. The van der Waals surface area contributed by atoms with E-state index in [1.807, 2.05) is 39.8 Å². The van der Waals surface area contributed by atoms with Crippen molar-refractivity contribution in [1.29, 1.82) is 0 Å². The van der Waals surface area contributed by atoms with Gasteiger partial charge in [0.1, 0.15) is 0 Å². The van der Waals surface area contributed by atoms with Crippen LogP contribution in [0.2, 0.25) is 0 Å². The molecule has 0 spiro atoms. The van der Waals surface area contributed by atoms with Gasteiger partial charge in [-0.05, 0) is 56.0 Å². The zero-order chi connectivity index (χ0) is 17.1. The first kappa shape index (κ1) is 16.9. The fourth-order valence-corrected chi connectivity index (χ4v) is 2.77. The summed E-state index contributed by atoms with van der Waals surface area (Å²) >= 11 is 0. The van der Waals surface area contributed by atoms with Crippen LogP contribution in [0.1, 0.15) is 29.2 Å². The van der Waals surface area contributed by atoms with Crippen molar-refractivity contribution in [2.75, 3.05) is 5.32 Å². The van der Waals surface area contributed by atoms with E-state index in [1.165, 1.54) is 17.7 Å². The maximum absolute atomic E-state index is 12.4. The number of aromatic hydroxyl groups is 2. The molecule has 0 aliphatic carbocycles. The summed E-state index contributed by atoms with van der Waals surface area (Å²) < 4.78 is 0. The molecule has 122 valence electrons. The largest absolute Gasteiger partial charge is 0.504 e. The molecule has 0 saturated carbocycles. The van der Waals surface area contributed by atoms with Crippen molar-refractivity contribution < 1.29 is 15.0 Å². The summed E-state index contributed by atoms with van der Waals surface area (Å²) in [6, 6.07) is 8.73. The van der Waals surface area contributed by atoms with Crippen LogP contribution in [0.5, 0.6) is 11.5 Å². The first-order valence-corrected chi connectivity index (χ1v) is 7.67. The third-order valence-corrected chi connectivity index (χ3v) is 3.95. The summed E-state index contributed by atoms with van der Waals surface area (Å²) in [5.74, 6) is -0.635. The Morgan fingerprint density at radius 2 is 1.65 bits per heavy atom. The predicted octanol–water partition coefficient (Wildman–Crippen LogP) is 3.84. The van der Waals surface area contributed by atoms with Crippen molar-refractivity contribution in [3.05, 3.63) is 52.6 Å². The molecule has 0 aromatic heterocycles. The van der Waals surface area contributed by atoms with E-state index in [9.17, 15) is 15.0 Å². The Morgan fingerprint density at radius 3 is 2.22 bits per heavy atom. The van der Waals surface area contributed by atoms with Crippen LogP contribution in [-0.4, -0.2) is 16.1 Å². The predicted molar refractivity (Wildman–Crippen MR) is 91.9 cm³/mol. The average molecular weight is 313 g/mol. The number of carbonyl (C=O) groups excluding carboxylic acids is 1. The molecule has 1 amide bonds. The standard InChI is InChI=1S/C19H23NO3/c1-11-7-12(2)18(13(3)8-11)20-19(23)14(4)9-15-5-6-16(21)17(22)10-15/h5-8,10,14,21-22H,9H2,1-4H3,(H,20,23). The number of phenolic OH excluding ortho intramolecular Hbond substituents is 2. The van der Waals surface area contributed by atoms with Gasteiger partial charge in [-0.15, -0.1) is 0 Å². The van der Waals surface area contributed by atoms with Gasteiger partial charge in [0.05, 0.1) is 0 Å². The molecule has 0 radical (unpaired) electrons. The lowest BCUT2D eigenvalue weighted by atomic mass is 9.99. The van der Waals surface area contributed by atoms with Crippen LogP contribution >= 0.6 is 0 Å². The molecule has 0 aliphatic heterocycles. The van der Waals surface area contributed by atoms with Gasteiger partial charge in [0, 0.05) is 11.6 Å². The van der Waals surface area contributed by atoms with E-state index < -0.39 is 0 Å². The number of anilines is 1. The highest BCUT2D eigenvalue weighted by Gasteiger charge is 2.16. The van der Waals surface area contributed by atoms with Gasteiger partial charge >= 0.3 is 0 Å². The number of aryl methyl sites for hydroxylation is 3. The smallest absolute Gasteiger partial charge is 0.227 e. The Hall–Kier alpha value is -2.49. The molecule has 1 atom stereocenters. The summed E-state index contributed by atoms with van der Waals surface area (Å²) in [6.45, 7) is 7.85. The van der Waals surface area contributed by atoms with E-state index in [2.05, 4.69) is 5.32 Å². The van der Waals surface area contributed by atoms with Gasteiger partial charge in [0.15, 0.2) is 11.5 Å². The van der Waals surface area contributed by atoms with Crippen LogP contribution in [0, 0.1) is 26.7 Å². The van der Waals surface area contributed by atoms with Crippen molar-refractivity contribution in [2.24, 2.45) is 5.92 Å². The highest BCUT2D eigenvalue weighted by molar-refractivity contribution is 5.94. The van der Waals surface area contributed by atoms with Crippen LogP contribution in [-0.2, 0) is 11.2 Å². The number of rotatable bonds is 4. The van der Waals surface area contributed by atoms with Crippen LogP contribution in [0.4, 0.5) is 5.69 Å². The van der Waals surface area contributed by atoms with E-state index in [0.717, 1.165) is 22.4 Å². The van der Waals surface area contributed by atoms with Crippen LogP contribution < -0.4 is 5.32 Å². The van der Waals surface area contributed by atoms with E-state index in [0.29, 0.717) is 6.42 Å². The Balaban J connectivity index is 2.10. The van der Waals surface area contributed by atoms with Gasteiger partial charge in [-0.25, -0.2) is 0 Å². The highest BCUT2D eigenvalue weighted by atomic mass is 16.3. The number of phenols is 2. The molecule has 1 unspecified atom stereocenters. The third kappa shape index (κ3) is 4.03. The molecule has 4 heteroatoms. The summed E-state index contributed by atoms with van der Waals surface area (Å²) in [6.07, 6.45) is 0.490. The van der Waals surface area contributed by atoms with Gasteiger partial charge in [-0.3, -0.25) is 4.79 Å². The molecule has 0 bridgehead atoms. The van der Waals surface area contributed by atoms with Crippen molar-refractivity contribution in [1.82, 2.24) is 0 Å². The molecule has 2 aromatic carbocycles. The van der Waals surface area contributed by atoms with Crippen LogP contribution in [0.15, 0.2) is 30.3 Å².